The molecule has 4 nitrogen and oxygen atoms in total. The van der Waals surface area contributed by atoms with Gasteiger partial charge in [0.2, 0.25) is 0 Å². The van der Waals surface area contributed by atoms with Gasteiger partial charge in [-0.2, -0.15) is 0 Å². The highest BCUT2D eigenvalue weighted by molar-refractivity contribution is 5.94. The number of likely N-dealkylation sites (N-methyl/N-ethyl adjacent to an activating group) is 1. The van der Waals surface area contributed by atoms with Gasteiger partial charge in [0, 0.05) is 44.0 Å². The number of amides is 1. The smallest absolute Gasteiger partial charge is 0.253 e. The van der Waals surface area contributed by atoms with Gasteiger partial charge in [0.25, 0.3) is 5.91 Å². The minimum Gasteiger partial charge on any atom is -0.372 e. The summed E-state index contributed by atoms with van der Waals surface area (Å²) in [5.41, 5.74) is 1.99. The van der Waals surface area contributed by atoms with E-state index in [1.807, 2.05) is 24.1 Å². The molecule has 2 rings (SSSR count). The normalized spacial score (nSPS) is 16.0. The van der Waals surface area contributed by atoms with Crippen molar-refractivity contribution in [2.45, 2.75) is 39.2 Å². The molecule has 1 saturated heterocycles. The van der Waals surface area contributed by atoms with E-state index >= 15 is 0 Å². The second kappa shape index (κ2) is 11.6. The number of benzene rings is 1. The summed E-state index contributed by atoms with van der Waals surface area (Å²) >= 11 is 0. The molecule has 0 radical (unpaired) electrons. The Morgan fingerprint density at radius 3 is 2.38 bits per heavy atom. The number of rotatable bonds is 7. The molecule has 1 N–H and O–H groups in total. The van der Waals surface area contributed by atoms with Gasteiger partial charge in [0.05, 0.1) is 0 Å². The number of nitrogens with zero attached hydrogens (tertiary/aromatic N) is 2. The standard InChI is InChI=1S/C18H29N3O.2ClH/c1-4-6-13-21(5-2)16-9-7-15(8-10-16)18(22)20(3)17-11-12-19-14-17;;/h7-10,17,19H,4-6,11-14H2,1-3H3;2*1H. The number of hydrogen-bond acceptors (Lipinski definition) is 3. The molecule has 1 unspecified atom stereocenters. The van der Waals surface area contributed by atoms with Crippen LogP contribution in [0.1, 0.15) is 43.5 Å². The summed E-state index contributed by atoms with van der Waals surface area (Å²) in [5.74, 6) is 0.122. The van der Waals surface area contributed by atoms with Crippen LogP contribution in [0, 0.1) is 0 Å². The molecule has 1 aliphatic heterocycles. The van der Waals surface area contributed by atoms with Crippen molar-refractivity contribution >= 4 is 36.4 Å². The van der Waals surface area contributed by atoms with Gasteiger partial charge in [-0.05, 0) is 50.6 Å². The van der Waals surface area contributed by atoms with Crippen LogP contribution in [0.25, 0.3) is 0 Å². The van der Waals surface area contributed by atoms with E-state index in [2.05, 4.69) is 36.2 Å². The lowest BCUT2D eigenvalue weighted by Gasteiger charge is -2.25. The maximum absolute atomic E-state index is 12.5. The molecule has 0 aliphatic carbocycles. The molecule has 1 aromatic carbocycles. The molecule has 0 saturated carbocycles. The van der Waals surface area contributed by atoms with Gasteiger partial charge in [-0.25, -0.2) is 0 Å². The van der Waals surface area contributed by atoms with Crippen LogP contribution in [0.4, 0.5) is 5.69 Å². The highest BCUT2D eigenvalue weighted by Gasteiger charge is 2.23. The molecule has 0 spiro atoms. The molecular weight excluding hydrogens is 345 g/mol. The molecule has 1 fully saturated rings. The van der Waals surface area contributed by atoms with E-state index < -0.39 is 0 Å². The van der Waals surface area contributed by atoms with Gasteiger partial charge in [0.1, 0.15) is 0 Å². The van der Waals surface area contributed by atoms with Crippen molar-refractivity contribution in [3.63, 3.8) is 0 Å². The van der Waals surface area contributed by atoms with E-state index in [0.29, 0.717) is 6.04 Å². The van der Waals surface area contributed by atoms with Crippen LogP contribution in [0.15, 0.2) is 24.3 Å². The van der Waals surface area contributed by atoms with E-state index in [1.165, 1.54) is 18.5 Å². The summed E-state index contributed by atoms with van der Waals surface area (Å²) < 4.78 is 0. The summed E-state index contributed by atoms with van der Waals surface area (Å²) in [5, 5.41) is 3.31. The number of unbranched alkanes of at least 4 members (excludes halogenated alkanes) is 1. The second-order valence-electron chi connectivity index (χ2n) is 6.04. The number of halogens is 2. The zero-order valence-electron chi connectivity index (χ0n) is 15.0. The first-order valence-corrected chi connectivity index (χ1v) is 8.50. The number of anilines is 1. The topological polar surface area (TPSA) is 35.6 Å². The van der Waals surface area contributed by atoms with Crippen LogP contribution in [0.5, 0.6) is 0 Å². The van der Waals surface area contributed by atoms with Crippen molar-refractivity contribution in [3.05, 3.63) is 29.8 Å². The monoisotopic (exact) mass is 375 g/mol. The third kappa shape index (κ3) is 5.83. The lowest BCUT2D eigenvalue weighted by molar-refractivity contribution is 0.0744. The molecule has 0 aromatic heterocycles. The fourth-order valence-electron chi connectivity index (χ4n) is 2.97. The Kier molecular flexibility index (Phi) is 11.1. The number of carbonyl (C=O) groups is 1. The maximum Gasteiger partial charge on any atom is 0.253 e. The van der Waals surface area contributed by atoms with Crippen LogP contribution in [0.2, 0.25) is 0 Å². The SMILES string of the molecule is CCCCN(CC)c1ccc(C(=O)N(C)C2CCNC2)cc1.Cl.Cl. The third-order valence-corrected chi connectivity index (χ3v) is 4.55. The predicted molar refractivity (Wildman–Crippen MR) is 107 cm³/mol. The van der Waals surface area contributed by atoms with E-state index in [-0.39, 0.29) is 30.7 Å². The summed E-state index contributed by atoms with van der Waals surface area (Å²) in [7, 11) is 1.91. The van der Waals surface area contributed by atoms with Gasteiger partial charge in [-0.15, -0.1) is 24.8 Å². The van der Waals surface area contributed by atoms with Crippen molar-refractivity contribution in [2.24, 2.45) is 0 Å². The highest BCUT2D eigenvalue weighted by atomic mass is 35.5. The van der Waals surface area contributed by atoms with Crippen LogP contribution in [-0.4, -0.2) is 50.1 Å². The highest BCUT2D eigenvalue weighted by Crippen LogP contribution is 2.18. The van der Waals surface area contributed by atoms with E-state index in [9.17, 15) is 4.79 Å². The predicted octanol–water partition coefficient (Wildman–Crippen LogP) is 3.59. The molecular formula is C18H31Cl2N3O. The Morgan fingerprint density at radius 2 is 1.88 bits per heavy atom. The van der Waals surface area contributed by atoms with Gasteiger partial charge in [-0.1, -0.05) is 13.3 Å². The van der Waals surface area contributed by atoms with Gasteiger partial charge < -0.3 is 15.1 Å². The average molecular weight is 376 g/mol. The van der Waals surface area contributed by atoms with Gasteiger partial charge >= 0.3 is 0 Å². The molecule has 1 heterocycles. The fourth-order valence-corrected chi connectivity index (χ4v) is 2.97. The third-order valence-electron chi connectivity index (χ3n) is 4.55. The minimum absolute atomic E-state index is 0. The van der Waals surface area contributed by atoms with Gasteiger partial charge in [0.15, 0.2) is 0 Å². The molecule has 138 valence electrons. The molecule has 6 heteroatoms. The Hall–Kier alpha value is -0.970. The van der Waals surface area contributed by atoms with Crippen LogP contribution >= 0.6 is 24.8 Å². The van der Waals surface area contributed by atoms with Crippen LogP contribution in [-0.2, 0) is 0 Å². The van der Waals surface area contributed by atoms with Crippen molar-refractivity contribution < 1.29 is 4.79 Å². The number of nitrogens with one attached hydrogen (secondary N) is 1. The number of hydrogen-bond donors (Lipinski definition) is 1. The van der Waals surface area contributed by atoms with E-state index in [1.54, 1.807) is 0 Å². The van der Waals surface area contributed by atoms with Crippen LogP contribution < -0.4 is 10.2 Å². The lowest BCUT2D eigenvalue weighted by atomic mass is 10.1. The molecule has 1 atom stereocenters. The Morgan fingerprint density at radius 1 is 1.21 bits per heavy atom. The van der Waals surface area contributed by atoms with Crippen LogP contribution in [0.3, 0.4) is 0 Å². The summed E-state index contributed by atoms with van der Waals surface area (Å²) in [4.78, 5) is 16.8. The molecule has 1 aromatic rings. The van der Waals surface area contributed by atoms with Crippen molar-refractivity contribution in [1.82, 2.24) is 10.2 Å². The summed E-state index contributed by atoms with van der Waals surface area (Å²) in [6.07, 6.45) is 3.44. The Balaban J connectivity index is 0.00000264. The largest absolute Gasteiger partial charge is 0.372 e. The molecule has 24 heavy (non-hydrogen) atoms. The maximum atomic E-state index is 12.5. The first-order valence-electron chi connectivity index (χ1n) is 8.50. The van der Waals surface area contributed by atoms with Crippen molar-refractivity contribution in [1.29, 1.82) is 0 Å². The zero-order chi connectivity index (χ0) is 15.9. The summed E-state index contributed by atoms with van der Waals surface area (Å²) in [6, 6.07) is 8.40. The first kappa shape index (κ1) is 23.0. The average Bonchev–Trinajstić information content (AvgIpc) is 3.09. The van der Waals surface area contributed by atoms with Gasteiger partial charge in [-0.3, -0.25) is 4.79 Å². The zero-order valence-corrected chi connectivity index (χ0v) is 16.6. The minimum atomic E-state index is 0. The molecule has 0 bridgehead atoms. The van der Waals surface area contributed by atoms with Crippen molar-refractivity contribution in [3.8, 4) is 0 Å². The first-order chi connectivity index (χ1) is 10.7. The van der Waals surface area contributed by atoms with Crippen molar-refractivity contribution in [2.75, 3.05) is 38.1 Å². The Bertz CT molecular complexity index is 476. The molecule has 1 aliphatic rings. The molecule has 1 amide bonds. The summed E-state index contributed by atoms with van der Waals surface area (Å²) in [6.45, 7) is 8.37. The Labute approximate surface area is 158 Å². The van der Waals surface area contributed by atoms with E-state index in [0.717, 1.165) is 38.2 Å². The fraction of sp³-hybridized carbons (Fsp3) is 0.611. The quantitative estimate of drug-likeness (QED) is 0.790. The lowest BCUT2D eigenvalue weighted by Crippen LogP contribution is -2.38. The second-order valence-corrected chi connectivity index (χ2v) is 6.04. The number of carbonyl (C=O) groups excluding carboxylic acids is 1. The van der Waals surface area contributed by atoms with E-state index in [4.69, 9.17) is 0 Å².